The van der Waals surface area contributed by atoms with Gasteiger partial charge in [-0.15, -0.1) is 0 Å². The summed E-state index contributed by atoms with van der Waals surface area (Å²) in [6, 6.07) is 9.13. The predicted molar refractivity (Wildman–Crippen MR) is 166 cm³/mol. The largest absolute Gasteiger partial charge is 0.507 e. The molecule has 0 aromatic heterocycles. The van der Waals surface area contributed by atoms with Crippen LogP contribution in [0, 0.1) is 5.92 Å². The smallest absolute Gasteiger partial charge is 0.123 e. The van der Waals surface area contributed by atoms with Gasteiger partial charge in [0.25, 0.3) is 0 Å². The number of aromatic hydroxyl groups is 2. The Balaban J connectivity index is 3.07. The van der Waals surface area contributed by atoms with Crippen LogP contribution >= 0.6 is 0 Å². The lowest BCUT2D eigenvalue weighted by Gasteiger charge is -2.35. The number of phenols is 2. The second-order valence-corrected chi connectivity index (χ2v) is 15.7. The fourth-order valence-electron chi connectivity index (χ4n) is 5.77. The summed E-state index contributed by atoms with van der Waals surface area (Å²) in [6.07, 6.45) is 4.61. The van der Waals surface area contributed by atoms with Crippen molar-refractivity contribution in [2.45, 2.75) is 150 Å². The molecular formula is C36H58O2. The summed E-state index contributed by atoms with van der Waals surface area (Å²) in [5.74, 6) is 1.51. The van der Waals surface area contributed by atoms with Crippen LogP contribution in [0.2, 0.25) is 0 Å². The number of benzene rings is 2. The summed E-state index contributed by atoms with van der Waals surface area (Å²) >= 11 is 0. The van der Waals surface area contributed by atoms with Crippen LogP contribution in [0.25, 0.3) is 0 Å². The van der Waals surface area contributed by atoms with Crippen molar-refractivity contribution in [2.24, 2.45) is 5.92 Å². The monoisotopic (exact) mass is 522 g/mol. The van der Waals surface area contributed by atoms with E-state index in [1.165, 1.54) is 24.0 Å². The van der Waals surface area contributed by atoms with Gasteiger partial charge < -0.3 is 10.2 Å². The van der Waals surface area contributed by atoms with E-state index in [9.17, 15) is 10.2 Å². The average Bonchev–Trinajstić information content (AvgIpc) is 2.74. The van der Waals surface area contributed by atoms with Crippen LogP contribution in [0.15, 0.2) is 24.3 Å². The molecule has 38 heavy (non-hydrogen) atoms. The van der Waals surface area contributed by atoms with Crippen LogP contribution in [0.1, 0.15) is 162 Å². The fourth-order valence-corrected chi connectivity index (χ4v) is 5.77. The second kappa shape index (κ2) is 11.3. The minimum Gasteiger partial charge on any atom is -0.507 e. The highest BCUT2D eigenvalue weighted by Gasteiger charge is 2.34. The molecule has 2 aromatic rings. The van der Waals surface area contributed by atoms with E-state index in [1.807, 2.05) is 0 Å². The SMILES string of the molecule is CCCCC(CC)C(c1cc(C(C)(C)C)c(O)c(C(C)(C)C)c1)c1cc(C(C)(C)C)c(O)c(C(C)(C)C)c1. The molecule has 0 aliphatic heterocycles. The highest BCUT2D eigenvalue weighted by Crippen LogP contribution is 2.48. The number of rotatable bonds is 7. The van der Waals surface area contributed by atoms with Gasteiger partial charge in [0.15, 0.2) is 0 Å². The van der Waals surface area contributed by atoms with Crippen molar-refractivity contribution in [3.8, 4) is 11.5 Å². The van der Waals surface area contributed by atoms with Gasteiger partial charge in [-0.05, 0) is 67.4 Å². The van der Waals surface area contributed by atoms with Gasteiger partial charge in [0, 0.05) is 5.92 Å². The molecule has 0 aliphatic rings. The highest BCUT2D eigenvalue weighted by molar-refractivity contribution is 5.55. The standard InChI is InChI=1S/C36H58O2/c1-15-17-18-23(16-2)30(24-19-26(33(3,4)5)31(37)27(20-24)34(6,7)8)25-21-28(35(9,10)11)32(38)29(22-25)36(12,13)14/h19-23,30,37-38H,15-18H2,1-14H3. The van der Waals surface area contributed by atoms with E-state index >= 15 is 0 Å². The first-order valence-electron chi connectivity index (χ1n) is 14.9. The highest BCUT2D eigenvalue weighted by atomic mass is 16.3. The van der Waals surface area contributed by atoms with Gasteiger partial charge in [-0.25, -0.2) is 0 Å². The average molecular weight is 523 g/mol. The lowest BCUT2D eigenvalue weighted by molar-refractivity contribution is 0.395. The molecule has 0 heterocycles. The van der Waals surface area contributed by atoms with Crippen molar-refractivity contribution in [2.75, 3.05) is 0 Å². The molecule has 0 saturated heterocycles. The lowest BCUT2D eigenvalue weighted by atomic mass is 9.70. The first-order chi connectivity index (χ1) is 17.1. The first kappa shape index (κ1) is 32.3. The van der Waals surface area contributed by atoms with Crippen molar-refractivity contribution >= 4 is 0 Å². The van der Waals surface area contributed by atoms with E-state index < -0.39 is 0 Å². The summed E-state index contributed by atoms with van der Waals surface area (Å²) in [5.41, 5.74) is 5.90. The zero-order valence-corrected chi connectivity index (χ0v) is 27.2. The predicted octanol–water partition coefficient (Wildman–Crippen LogP) is 10.6. The van der Waals surface area contributed by atoms with E-state index in [0.29, 0.717) is 17.4 Å². The molecule has 214 valence electrons. The molecule has 0 bridgehead atoms. The Bertz CT molecular complexity index is 943. The molecule has 1 atom stereocenters. The Kier molecular flexibility index (Phi) is 9.56. The third kappa shape index (κ3) is 7.16. The molecule has 0 fully saturated rings. The maximum atomic E-state index is 11.5. The van der Waals surface area contributed by atoms with Crippen molar-refractivity contribution in [3.63, 3.8) is 0 Å². The van der Waals surface area contributed by atoms with Crippen LogP contribution in [-0.2, 0) is 21.7 Å². The molecule has 2 nitrogen and oxygen atoms in total. The normalized spacial score (nSPS) is 14.3. The molecule has 2 aromatic carbocycles. The maximum absolute atomic E-state index is 11.5. The second-order valence-electron chi connectivity index (χ2n) is 15.7. The van der Waals surface area contributed by atoms with Crippen LogP contribution in [-0.4, -0.2) is 10.2 Å². The Labute approximate surface area is 235 Å². The van der Waals surface area contributed by atoms with Gasteiger partial charge in [0.05, 0.1) is 0 Å². The topological polar surface area (TPSA) is 40.5 Å². The van der Waals surface area contributed by atoms with Gasteiger partial charge in [-0.1, -0.05) is 140 Å². The van der Waals surface area contributed by atoms with E-state index in [4.69, 9.17) is 0 Å². The maximum Gasteiger partial charge on any atom is 0.123 e. The van der Waals surface area contributed by atoms with Crippen LogP contribution in [0.5, 0.6) is 11.5 Å². The summed E-state index contributed by atoms with van der Waals surface area (Å²) < 4.78 is 0. The lowest BCUT2D eigenvalue weighted by Crippen LogP contribution is -2.23. The number of unbranched alkanes of at least 4 members (excludes halogenated alkanes) is 1. The number of phenolic OH excluding ortho intramolecular Hbond substituents is 2. The van der Waals surface area contributed by atoms with Gasteiger partial charge in [-0.2, -0.15) is 0 Å². The quantitative estimate of drug-likeness (QED) is 0.379. The van der Waals surface area contributed by atoms with Gasteiger partial charge in [0.1, 0.15) is 11.5 Å². The van der Waals surface area contributed by atoms with E-state index in [1.54, 1.807) is 0 Å². The Morgan fingerprint density at radius 2 is 0.842 bits per heavy atom. The van der Waals surface area contributed by atoms with Crippen molar-refractivity contribution in [3.05, 3.63) is 57.6 Å². The molecule has 0 radical (unpaired) electrons. The van der Waals surface area contributed by atoms with Crippen LogP contribution in [0.3, 0.4) is 0 Å². The van der Waals surface area contributed by atoms with E-state index in [0.717, 1.165) is 35.1 Å². The van der Waals surface area contributed by atoms with Crippen LogP contribution in [0.4, 0.5) is 0 Å². The van der Waals surface area contributed by atoms with Gasteiger partial charge >= 0.3 is 0 Å². The molecule has 2 N–H and O–H groups in total. The Morgan fingerprint density at radius 3 is 1.05 bits per heavy atom. The molecule has 0 saturated carbocycles. The molecule has 2 rings (SSSR count). The number of hydrogen-bond donors (Lipinski definition) is 2. The zero-order valence-electron chi connectivity index (χ0n) is 27.2. The summed E-state index contributed by atoms with van der Waals surface area (Å²) in [7, 11) is 0. The zero-order chi connectivity index (χ0) is 29.4. The Hall–Kier alpha value is -1.96. The molecule has 0 spiro atoms. The molecule has 0 amide bonds. The van der Waals surface area contributed by atoms with Crippen LogP contribution < -0.4 is 0 Å². The Morgan fingerprint density at radius 1 is 0.553 bits per heavy atom. The fraction of sp³-hybridized carbons (Fsp3) is 0.667. The summed E-state index contributed by atoms with van der Waals surface area (Å²) in [5, 5.41) is 23.0. The molecule has 0 aliphatic carbocycles. The minimum atomic E-state index is -0.183. The summed E-state index contributed by atoms with van der Waals surface area (Å²) in [4.78, 5) is 0. The van der Waals surface area contributed by atoms with Gasteiger partial charge in [-0.3, -0.25) is 0 Å². The van der Waals surface area contributed by atoms with E-state index in [-0.39, 0.29) is 27.6 Å². The van der Waals surface area contributed by atoms with Crippen molar-refractivity contribution < 1.29 is 10.2 Å². The molecule has 2 heteroatoms. The van der Waals surface area contributed by atoms with Crippen molar-refractivity contribution in [1.29, 1.82) is 0 Å². The van der Waals surface area contributed by atoms with Crippen molar-refractivity contribution in [1.82, 2.24) is 0 Å². The molecular weight excluding hydrogens is 464 g/mol. The first-order valence-corrected chi connectivity index (χ1v) is 14.9. The number of hydrogen-bond acceptors (Lipinski definition) is 2. The van der Waals surface area contributed by atoms with E-state index in [2.05, 4.69) is 121 Å². The minimum absolute atomic E-state index is 0.178. The summed E-state index contributed by atoms with van der Waals surface area (Å²) in [6.45, 7) is 30.9. The van der Waals surface area contributed by atoms with Gasteiger partial charge in [0.2, 0.25) is 0 Å². The third-order valence-corrected chi connectivity index (χ3v) is 8.14. The molecule has 1 unspecified atom stereocenters. The third-order valence-electron chi connectivity index (χ3n) is 8.14.